The predicted molar refractivity (Wildman–Crippen MR) is 124 cm³/mol. The van der Waals surface area contributed by atoms with Crippen LogP contribution in [0.1, 0.15) is 37.0 Å². The molecule has 2 aromatic rings. The van der Waals surface area contributed by atoms with Crippen molar-refractivity contribution in [3.63, 3.8) is 0 Å². The minimum Gasteiger partial charge on any atom is -0.452 e. The maximum Gasteiger partial charge on any atom is 0.331 e. The van der Waals surface area contributed by atoms with Crippen LogP contribution in [0.5, 0.6) is 0 Å². The number of nitrogens with zero attached hydrogens (tertiary/aromatic N) is 1. The number of esters is 1. The van der Waals surface area contributed by atoms with E-state index in [-0.39, 0.29) is 29.7 Å². The third-order valence-electron chi connectivity index (χ3n) is 5.98. The van der Waals surface area contributed by atoms with Gasteiger partial charge in [-0.05, 0) is 24.1 Å². The summed E-state index contributed by atoms with van der Waals surface area (Å²) in [5.41, 5.74) is 1.73. The zero-order valence-electron chi connectivity index (χ0n) is 18.1. The number of nitrogens with one attached hydrogen (secondary N) is 1. The van der Waals surface area contributed by atoms with Crippen molar-refractivity contribution < 1.29 is 19.1 Å². The van der Waals surface area contributed by atoms with Crippen molar-refractivity contribution in [3.8, 4) is 0 Å². The number of thioether (sulfide) groups is 1. The van der Waals surface area contributed by atoms with Gasteiger partial charge in [0.2, 0.25) is 11.8 Å². The van der Waals surface area contributed by atoms with Gasteiger partial charge in [-0.3, -0.25) is 9.59 Å². The minimum absolute atomic E-state index is 0.0999. The minimum atomic E-state index is -0.817. The van der Waals surface area contributed by atoms with E-state index in [1.165, 1.54) is 6.92 Å². The largest absolute Gasteiger partial charge is 0.452 e. The topological polar surface area (TPSA) is 75.7 Å². The molecule has 0 aliphatic carbocycles. The number of hydrogen-bond acceptors (Lipinski definition) is 5. The van der Waals surface area contributed by atoms with Gasteiger partial charge in [-0.15, -0.1) is 11.8 Å². The van der Waals surface area contributed by atoms with Gasteiger partial charge < -0.3 is 15.0 Å². The molecule has 2 aliphatic rings. The van der Waals surface area contributed by atoms with E-state index in [9.17, 15) is 14.4 Å². The van der Waals surface area contributed by atoms with Crippen molar-refractivity contribution in [2.24, 2.45) is 0 Å². The summed E-state index contributed by atoms with van der Waals surface area (Å²) in [6.45, 7) is 7.39. The fourth-order valence-electron chi connectivity index (χ4n) is 4.37. The Balaban J connectivity index is 1.61. The van der Waals surface area contributed by atoms with Crippen LogP contribution >= 0.6 is 11.8 Å². The van der Waals surface area contributed by atoms with E-state index in [0.717, 1.165) is 11.1 Å². The zero-order valence-corrected chi connectivity index (χ0v) is 18.9. The van der Waals surface area contributed by atoms with Crippen LogP contribution in [-0.4, -0.2) is 45.4 Å². The first kappa shape index (κ1) is 22.1. The molecule has 5 atom stereocenters. The smallest absolute Gasteiger partial charge is 0.331 e. The third kappa shape index (κ3) is 3.93. The highest BCUT2D eigenvalue weighted by molar-refractivity contribution is 8.01. The molecule has 0 aromatic heterocycles. The average molecular weight is 451 g/mol. The summed E-state index contributed by atoms with van der Waals surface area (Å²) in [6.07, 6.45) is 0.946. The van der Waals surface area contributed by atoms with Gasteiger partial charge in [0.1, 0.15) is 12.1 Å². The van der Waals surface area contributed by atoms with Gasteiger partial charge in [-0.2, -0.15) is 0 Å². The molecule has 32 heavy (non-hydrogen) atoms. The van der Waals surface area contributed by atoms with Gasteiger partial charge in [-0.1, -0.05) is 67.2 Å². The maximum atomic E-state index is 13.4. The van der Waals surface area contributed by atoms with Crippen molar-refractivity contribution >= 4 is 29.5 Å². The highest BCUT2D eigenvalue weighted by Crippen LogP contribution is 2.56. The quantitative estimate of drug-likeness (QED) is 0.397. The van der Waals surface area contributed by atoms with Gasteiger partial charge in [0.15, 0.2) is 0 Å². The Labute approximate surface area is 192 Å². The van der Waals surface area contributed by atoms with Crippen molar-refractivity contribution in [2.75, 3.05) is 6.54 Å². The fraction of sp³-hybridized carbons (Fsp3) is 0.320. The molecule has 1 N–H and O–H groups in total. The first-order valence-corrected chi connectivity index (χ1v) is 11.4. The van der Waals surface area contributed by atoms with Gasteiger partial charge in [0, 0.05) is 13.5 Å². The zero-order chi connectivity index (χ0) is 22.9. The van der Waals surface area contributed by atoms with Gasteiger partial charge >= 0.3 is 5.97 Å². The normalized spacial score (nSPS) is 27.1. The predicted octanol–water partition coefficient (Wildman–Crippen LogP) is 3.42. The molecule has 3 unspecified atom stereocenters. The van der Waals surface area contributed by atoms with Crippen LogP contribution < -0.4 is 5.32 Å². The number of amides is 2. The Hall–Kier alpha value is -3.06. The second kappa shape index (κ2) is 8.82. The summed E-state index contributed by atoms with van der Waals surface area (Å²) >= 11 is 1.54. The average Bonchev–Trinajstić information content (AvgIpc) is 3.06. The number of carbonyl (C=O) groups is 3. The molecule has 2 aromatic carbocycles. The van der Waals surface area contributed by atoms with Crippen LogP contribution in [0.4, 0.5) is 0 Å². The van der Waals surface area contributed by atoms with E-state index in [1.807, 2.05) is 67.6 Å². The molecule has 2 fully saturated rings. The molecule has 2 saturated heterocycles. The third-order valence-corrected chi connectivity index (χ3v) is 7.63. The molecule has 0 spiro atoms. The fourth-order valence-corrected chi connectivity index (χ4v) is 6.17. The Kier molecular flexibility index (Phi) is 6.11. The summed E-state index contributed by atoms with van der Waals surface area (Å²) in [5, 5.41) is 2.63. The van der Waals surface area contributed by atoms with Crippen molar-refractivity contribution in [1.29, 1.82) is 0 Å². The van der Waals surface area contributed by atoms with Crippen molar-refractivity contribution in [3.05, 3.63) is 84.4 Å². The van der Waals surface area contributed by atoms with E-state index in [4.69, 9.17) is 4.74 Å². The van der Waals surface area contributed by atoms with Crippen LogP contribution in [0.3, 0.4) is 0 Å². The van der Waals surface area contributed by atoms with E-state index >= 15 is 0 Å². The van der Waals surface area contributed by atoms with Crippen molar-refractivity contribution in [1.82, 2.24) is 10.2 Å². The summed E-state index contributed by atoms with van der Waals surface area (Å²) in [7, 11) is 0. The summed E-state index contributed by atoms with van der Waals surface area (Å²) < 4.78 is 5.11. The number of benzene rings is 2. The number of β-lactam (4-membered cyclic amide) rings is 1. The van der Waals surface area contributed by atoms with Crippen molar-refractivity contribution in [2.45, 2.75) is 42.0 Å². The Morgan fingerprint density at radius 1 is 1.19 bits per heavy atom. The van der Waals surface area contributed by atoms with Gasteiger partial charge in [0.25, 0.3) is 0 Å². The Bertz CT molecular complexity index is 1030. The lowest BCUT2D eigenvalue weighted by Crippen LogP contribution is -2.62. The summed E-state index contributed by atoms with van der Waals surface area (Å²) in [4.78, 5) is 39.9. The highest BCUT2D eigenvalue weighted by atomic mass is 32.2. The van der Waals surface area contributed by atoms with E-state index in [1.54, 1.807) is 22.7 Å². The number of hydrogen-bond donors (Lipinski definition) is 1. The van der Waals surface area contributed by atoms with Gasteiger partial charge in [-0.25, -0.2) is 4.79 Å². The Morgan fingerprint density at radius 3 is 2.41 bits per heavy atom. The van der Waals surface area contributed by atoms with E-state index in [0.29, 0.717) is 0 Å². The second-order valence-corrected chi connectivity index (χ2v) is 9.92. The van der Waals surface area contributed by atoms with Crippen LogP contribution in [0.25, 0.3) is 0 Å². The van der Waals surface area contributed by atoms with E-state index < -0.39 is 22.9 Å². The number of fused-ring (bicyclic) bond motifs is 1. The molecule has 0 saturated carbocycles. The van der Waals surface area contributed by atoms with Crippen LogP contribution in [0.2, 0.25) is 0 Å². The summed E-state index contributed by atoms with van der Waals surface area (Å²) in [5.74, 6) is -1.11. The van der Waals surface area contributed by atoms with E-state index in [2.05, 4.69) is 11.9 Å². The molecule has 2 heterocycles. The molecule has 4 rings (SSSR count). The maximum absolute atomic E-state index is 13.4. The molecule has 2 amide bonds. The first-order chi connectivity index (χ1) is 15.4. The summed E-state index contributed by atoms with van der Waals surface area (Å²) in [6, 6.07) is 18.1. The standard InChI is InChI=1S/C25H26N2O4S/c1-4-19(17-11-7-5-8-12-17)31-24(30)21-25(3,15-26-16(2)28)32-23-20(22(29)27(21)23)18-13-9-6-10-14-18/h4-14,19-21,23H,1,15H2,2-3H3,(H,26,28)/t19?,20?,21-,23+,25?/m0/s1. The lowest BCUT2D eigenvalue weighted by atomic mass is 9.86. The Morgan fingerprint density at radius 2 is 1.81 bits per heavy atom. The molecule has 6 nitrogen and oxygen atoms in total. The lowest BCUT2D eigenvalue weighted by Gasteiger charge is -2.44. The second-order valence-electron chi connectivity index (χ2n) is 8.27. The molecule has 0 radical (unpaired) electrons. The molecular weight excluding hydrogens is 424 g/mol. The van der Waals surface area contributed by atoms with Gasteiger partial charge in [0.05, 0.1) is 16.0 Å². The number of carbonyl (C=O) groups excluding carboxylic acids is 3. The van der Waals surface area contributed by atoms with Crippen LogP contribution in [0.15, 0.2) is 73.3 Å². The molecule has 7 heteroatoms. The van der Waals surface area contributed by atoms with Crippen LogP contribution in [0, 0.1) is 0 Å². The lowest BCUT2D eigenvalue weighted by molar-refractivity contribution is -0.165. The first-order valence-electron chi connectivity index (χ1n) is 10.5. The molecule has 166 valence electrons. The molecular formula is C25H26N2O4S. The van der Waals surface area contributed by atoms with Crippen LogP contribution in [-0.2, 0) is 19.1 Å². The monoisotopic (exact) mass is 450 g/mol. The highest BCUT2D eigenvalue weighted by Gasteiger charge is 2.65. The molecule has 0 bridgehead atoms. The molecule has 2 aliphatic heterocycles. The SMILES string of the molecule is C=CC(OC(=O)[C@@H]1N2C(=O)C(c3ccccc3)[C@H]2SC1(C)CNC(C)=O)c1ccccc1. The number of ether oxygens (including phenoxy) is 1. The number of rotatable bonds is 7.